The van der Waals surface area contributed by atoms with Crippen LogP contribution in [-0.4, -0.2) is 11.1 Å². The zero-order valence-corrected chi connectivity index (χ0v) is 13.3. The van der Waals surface area contributed by atoms with Crippen LogP contribution in [0, 0.1) is 0 Å². The molecular formula is C16H15BrO2S. The Bertz CT molecular complexity index is 649. The van der Waals surface area contributed by atoms with Gasteiger partial charge in [0.15, 0.2) is 0 Å². The molecular weight excluding hydrogens is 336 g/mol. The SMILES string of the molecule is O=C(O)C1(Cc2cc(Br)cs2)CCCc2ccccc21. The van der Waals surface area contributed by atoms with Gasteiger partial charge in [-0.2, -0.15) is 0 Å². The van der Waals surface area contributed by atoms with Gasteiger partial charge in [-0.05, 0) is 52.4 Å². The Labute approximate surface area is 130 Å². The summed E-state index contributed by atoms with van der Waals surface area (Å²) >= 11 is 5.07. The summed E-state index contributed by atoms with van der Waals surface area (Å²) in [5, 5.41) is 11.9. The van der Waals surface area contributed by atoms with Crippen LogP contribution in [0.4, 0.5) is 0 Å². The molecule has 3 rings (SSSR count). The number of halogens is 1. The summed E-state index contributed by atoms with van der Waals surface area (Å²) in [6, 6.07) is 10.0. The largest absolute Gasteiger partial charge is 0.481 e. The number of aryl methyl sites for hydroxylation is 1. The van der Waals surface area contributed by atoms with Crippen LogP contribution < -0.4 is 0 Å². The molecule has 1 aromatic carbocycles. The molecule has 20 heavy (non-hydrogen) atoms. The zero-order valence-electron chi connectivity index (χ0n) is 10.9. The summed E-state index contributed by atoms with van der Waals surface area (Å²) in [7, 11) is 0. The van der Waals surface area contributed by atoms with Gasteiger partial charge in [-0.1, -0.05) is 24.3 Å². The normalized spacial score (nSPS) is 21.4. The van der Waals surface area contributed by atoms with Crippen LogP contribution in [0.3, 0.4) is 0 Å². The molecule has 104 valence electrons. The molecule has 1 aliphatic rings. The van der Waals surface area contributed by atoms with Crippen molar-refractivity contribution in [3.05, 3.63) is 56.2 Å². The molecule has 0 saturated carbocycles. The second-order valence-electron chi connectivity index (χ2n) is 5.31. The lowest BCUT2D eigenvalue weighted by molar-refractivity contribution is -0.144. The van der Waals surface area contributed by atoms with E-state index in [4.69, 9.17) is 0 Å². The third-order valence-corrected chi connectivity index (χ3v) is 5.79. The predicted octanol–water partition coefficient (Wildman–Crippen LogP) is 4.41. The zero-order chi connectivity index (χ0) is 14.2. The van der Waals surface area contributed by atoms with E-state index in [9.17, 15) is 9.90 Å². The van der Waals surface area contributed by atoms with Crippen molar-refractivity contribution in [1.82, 2.24) is 0 Å². The maximum Gasteiger partial charge on any atom is 0.314 e. The van der Waals surface area contributed by atoms with Gasteiger partial charge in [0.25, 0.3) is 0 Å². The van der Waals surface area contributed by atoms with Crippen LogP contribution in [0.1, 0.15) is 28.8 Å². The van der Waals surface area contributed by atoms with Gasteiger partial charge in [-0.25, -0.2) is 0 Å². The lowest BCUT2D eigenvalue weighted by Crippen LogP contribution is -2.41. The lowest BCUT2D eigenvalue weighted by atomic mass is 9.68. The Morgan fingerprint density at radius 1 is 1.40 bits per heavy atom. The van der Waals surface area contributed by atoms with Gasteiger partial charge >= 0.3 is 5.97 Å². The van der Waals surface area contributed by atoms with E-state index in [1.807, 2.05) is 29.6 Å². The quantitative estimate of drug-likeness (QED) is 0.889. The molecule has 0 amide bonds. The summed E-state index contributed by atoms with van der Waals surface area (Å²) in [5.41, 5.74) is 1.43. The Hall–Kier alpha value is -1.13. The average molecular weight is 351 g/mol. The van der Waals surface area contributed by atoms with Crippen molar-refractivity contribution >= 4 is 33.2 Å². The van der Waals surface area contributed by atoms with E-state index in [0.717, 1.165) is 34.2 Å². The van der Waals surface area contributed by atoms with E-state index in [1.165, 1.54) is 5.56 Å². The average Bonchev–Trinajstić information content (AvgIpc) is 2.84. The van der Waals surface area contributed by atoms with Crippen molar-refractivity contribution in [1.29, 1.82) is 0 Å². The fourth-order valence-electron chi connectivity index (χ4n) is 3.15. The minimum absolute atomic E-state index is 0.579. The number of hydrogen-bond donors (Lipinski definition) is 1. The number of benzene rings is 1. The molecule has 1 aliphatic carbocycles. The van der Waals surface area contributed by atoms with E-state index in [1.54, 1.807) is 11.3 Å². The first-order valence-electron chi connectivity index (χ1n) is 6.66. The Balaban J connectivity index is 2.07. The number of carbonyl (C=O) groups is 1. The highest BCUT2D eigenvalue weighted by molar-refractivity contribution is 9.10. The van der Waals surface area contributed by atoms with Crippen LogP contribution in [0.5, 0.6) is 0 Å². The highest BCUT2D eigenvalue weighted by Crippen LogP contribution is 2.41. The molecule has 1 N–H and O–H groups in total. The van der Waals surface area contributed by atoms with Crippen molar-refractivity contribution in [2.75, 3.05) is 0 Å². The van der Waals surface area contributed by atoms with Crippen LogP contribution >= 0.6 is 27.3 Å². The number of carboxylic acids is 1. The fraction of sp³-hybridized carbons (Fsp3) is 0.312. The van der Waals surface area contributed by atoms with E-state index in [-0.39, 0.29) is 0 Å². The minimum atomic E-state index is -0.765. The van der Waals surface area contributed by atoms with Gasteiger partial charge in [0.05, 0.1) is 5.41 Å². The number of thiophene rings is 1. The molecule has 1 aromatic heterocycles. The number of fused-ring (bicyclic) bond motifs is 1. The molecule has 0 bridgehead atoms. The van der Waals surface area contributed by atoms with Crippen molar-refractivity contribution in [3.8, 4) is 0 Å². The van der Waals surface area contributed by atoms with Crippen LogP contribution in [-0.2, 0) is 23.1 Å². The van der Waals surface area contributed by atoms with Crippen molar-refractivity contribution in [3.63, 3.8) is 0 Å². The predicted molar refractivity (Wildman–Crippen MR) is 84.4 cm³/mol. The summed E-state index contributed by atoms with van der Waals surface area (Å²) in [4.78, 5) is 13.2. The van der Waals surface area contributed by atoms with Crippen LogP contribution in [0.2, 0.25) is 0 Å². The molecule has 0 saturated heterocycles. The molecule has 1 atom stereocenters. The second kappa shape index (κ2) is 5.34. The maximum absolute atomic E-state index is 12.0. The van der Waals surface area contributed by atoms with E-state index < -0.39 is 11.4 Å². The van der Waals surface area contributed by atoms with E-state index >= 15 is 0 Å². The fourth-order valence-corrected chi connectivity index (χ4v) is 4.71. The number of hydrogen-bond acceptors (Lipinski definition) is 2. The third kappa shape index (κ3) is 2.31. The summed E-state index contributed by atoms with van der Waals surface area (Å²) in [5.74, 6) is -0.700. The number of carboxylic acid groups (broad SMARTS) is 1. The molecule has 2 aromatic rings. The molecule has 2 nitrogen and oxygen atoms in total. The topological polar surface area (TPSA) is 37.3 Å². The Kier molecular flexibility index (Phi) is 3.69. The third-order valence-electron chi connectivity index (χ3n) is 4.09. The van der Waals surface area contributed by atoms with Crippen LogP contribution in [0.25, 0.3) is 0 Å². The van der Waals surface area contributed by atoms with E-state index in [0.29, 0.717) is 6.42 Å². The first-order chi connectivity index (χ1) is 9.62. The van der Waals surface area contributed by atoms with Gasteiger partial charge < -0.3 is 5.11 Å². The van der Waals surface area contributed by atoms with Crippen molar-refractivity contribution in [2.45, 2.75) is 31.1 Å². The molecule has 0 fully saturated rings. The smallest absolute Gasteiger partial charge is 0.314 e. The first kappa shape index (κ1) is 13.8. The maximum atomic E-state index is 12.0. The molecule has 0 aliphatic heterocycles. The van der Waals surface area contributed by atoms with E-state index in [2.05, 4.69) is 22.0 Å². The standard InChI is InChI=1S/C16H15BrO2S/c17-12-8-13(20-10-12)9-16(15(18)19)7-3-5-11-4-1-2-6-14(11)16/h1-2,4,6,8,10H,3,5,7,9H2,(H,18,19). The minimum Gasteiger partial charge on any atom is -0.481 e. The molecule has 1 heterocycles. The molecule has 4 heteroatoms. The summed E-state index contributed by atoms with van der Waals surface area (Å²) < 4.78 is 1.03. The van der Waals surface area contributed by atoms with Gasteiger partial charge in [0.1, 0.15) is 0 Å². The number of rotatable bonds is 3. The monoisotopic (exact) mass is 350 g/mol. The van der Waals surface area contributed by atoms with Gasteiger partial charge in [-0.15, -0.1) is 11.3 Å². The lowest BCUT2D eigenvalue weighted by Gasteiger charge is -2.35. The van der Waals surface area contributed by atoms with Gasteiger partial charge in [0.2, 0.25) is 0 Å². The van der Waals surface area contributed by atoms with Gasteiger partial charge in [-0.3, -0.25) is 4.79 Å². The van der Waals surface area contributed by atoms with Crippen LogP contribution in [0.15, 0.2) is 40.2 Å². The summed E-state index contributed by atoms with van der Waals surface area (Å²) in [6.45, 7) is 0. The summed E-state index contributed by atoms with van der Waals surface area (Å²) in [6.07, 6.45) is 3.22. The highest BCUT2D eigenvalue weighted by atomic mass is 79.9. The van der Waals surface area contributed by atoms with Gasteiger partial charge in [0, 0.05) is 21.2 Å². The first-order valence-corrected chi connectivity index (χ1v) is 8.34. The molecule has 0 radical (unpaired) electrons. The Morgan fingerprint density at radius 2 is 2.20 bits per heavy atom. The number of aliphatic carboxylic acids is 1. The molecule has 1 unspecified atom stereocenters. The van der Waals surface area contributed by atoms with Crippen molar-refractivity contribution < 1.29 is 9.90 Å². The highest BCUT2D eigenvalue weighted by Gasteiger charge is 2.43. The van der Waals surface area contributed by atoms with Crippen molar-refractivity contribution in [2.24, 2.45) is 0 Å². The molecule has 0 spiro atoms. The second-order valence-corrected chi connectivity index (χ2v) is 7.22. The Morgan fingerprint density at radius 3 is 2.90 bits per heavy atom.